The second kappa shape index (κ2) is 4.82. The van der Waals surface area contributed by atoms with Gasteiger partial charge in [0.15, 0.2) is 11.5 Å². The fourth-order valence-electron chi connectivity index (χ4n) is 2.06. The summed E-state index contributed by atoms with van der Waals surface area (Å²) >= 11 is 0. The summed E-state index contributed by atoms with van der Waals surface area (Å²) in [4.78, 5) is 4.54. The number of nitrogens with two attached hydrogens (primary N) is 1. The smallest absolute Gasteiger partial charge is 0.156 e. The van der Waals surface area contributed by atoms with E-state index in [1.54, 1.807) is 4.52 Å². The summed E-state index contributed by atoms with van der Waals surface area (Å²) in [6, 6.07) is 12.4. The molecule has 0 atom stereocenters. The zero-order chi connectivity index (χ0) is 13.2. The predicted octanol–water partition coefficient (Wildman–Crippen LogP) is 2.09. The molecule has 1 aromatic carbocycles. The van der Waals surface area contributed by atoms with Crippen LogP contribution in [0.4, 0.5) is 0 Å². The molecule has 0 amide bonds. The second-order valence-corrected chi connectivity index (χ2v) is 4.73. The highest BCUT2D eigenvalue weighted by molar-refractivity contribution is 5.41. The molecule has 3 aromatic rings. The molecule has 3 rings (SSSR count). The molecule has 0 aliphatic heterocycles. The fourth-order valence-corrected chi connectivity index (χ4v) is 2.06. The molecule has 0 aliphatic carbocycles. The third-order valence-corrected chi connectivity index (χ3v) is 3.16. The predicted molar refractivity (Wildman–Crippen MR) is 74.9 cm³/mol. The van der Waals surface area contributed by atoms with Crippen molar-refractivity contribution < 1.29 is 0 Å². The molecule has 0 aliphatic rings. The zero-order valence-electron chi connectivity index (χ0n) is 10.9. The first-order chi connectivity index (χ1) is 9.24. The van der Waals surface area contributed by atoms with E-state index in [-0.39, 0.29) is 0 Å². The quantitative estimate of drug-likeness (QED) is 0.776. The van der Waals surface area contributed by atoms with Gasteiger partial charge in [0.25, 0.3) is 0 Å². The van der Waals surface area contributed by atoms with Crippen LogP contribution in [0.15, 0.2) is 42.6 Å². The Hall–Kier alpha value is -2.20. The minimum atomic E-state index is 0.524. The molecule has 0 radical (unpaired) electrons. The maximum absolute atomic E-state index is 5.63. The molecule has 0 bridgehead atoms. The minimum Gasteiger partial charge on any atom is -0.326 e. The van der Waals surface area contributed by atoms with Crippen molar-refractivity contribution in [1.29, 1.82) is 0 Å². The van der Waals surface area contributed by atoms with Crippen LogP contribution < -0.4 is 5.73 Å². The highest BCUT2D eigenvalue weighted by Crippen LogP contribution is 2.10. The van der Waals surface area contributed by atoms with Gasteiger partial charge in [0.05, 0.1) is 0 Å². The monoisotopic (exact) mass is 252 g/mol. The lowest BCUT2D eigenvalue weighted by molar-refractivity contribution is 0.895. The molecule has 2 N–H and O–H groups in total. The van der Waals surface area contributed by atoms with Crippen LogP contribution in [0.2, 0.25) is 0 Å². The Labute approximate surface area is 111 Å². The zero-order valence-corrected chi connectivity index (χ0v) is 10.9. The summed E-state index contributed by atoms with van der Waals surface area (Å²) < 4.78 is 1.79. The minimum absolute atomic E-state index is 0.524. The SMILES string of the molecule is Cc1ccc(Cc2nc3cc(CN)ccn3n2)cc1. The Bertz CT molecular complexity index is 698. The number of aromatic nitrogens is 3. The number of benzene rings is 1. The van der Waals surface area contributed by atoms with Gasteiger partial charge in [0.2, 0.25) is 0 Å². The first-order valence-electron chi connectivity index (χ1n) is 6.34. The summed E-state index contributed by atoms with van der Waals surface area (Å²) in [5.74, 6) is 0.832. The molecular formula is C15H16N4. The number of pyridine rings is 1. The number of rotatable bonds is 3. The van der Waals surface area contributed by atoms with Gasteiger partial charge in [-0.3, -0.25) is 0 Å². The van der Waals surface area contributed by atoms with Gasteiger partial charge in [-0.25, -0.2) is 9.50 Å². The van der Waals surface area contributed by atoms with Crippen molar-refractivity contribution in [2.45, 2.75) is 19.9 Å². The molecule has 0 spiro atoms. The lowest BCUT2D eigenvalue weighted by atomic mass is 10.1. The number of fused-ring (bicyclic) bond motifs is 1. The van der Waals surface area contributed by atoms with Crippen LogP contribution in [-0.4, -0.2) is 14.6 Å². The highest BCUT2D eigenvalue weighted by atomic mass is 15.3. The molecule has 19 heavy (non-hydrogen) atoms. The van der Waals surface area contributed by atoms with Crippen molar-refractivity contribution in [1.82, 2.24) is 14.6 Å². The molecule has 4 nitrogen and oxygen atoms in total. The maximum atomic E-state index is 5.63. The van der Waals surface area contributed by atoms with E-state index in [2.05, 4.69) is 41.3 Å². The van der Waals surface area contributed by atoms with Gasteiger partial charge >= 0.3 is 0 Å². The largest absolute Gasteiger partial charge is 0.326 e. The molecule has 0 fully saturated rings. The first-order valence-corrected chi connectivity index (χ1v) is 6.34. The average molecular weight is 252 g/mol. The molecular weight excluding hydrogens is 236 g/mol. The van der Waals surface area contributed by atoms with E-state index in [1.165, 1.54) is 11.1 Å². The second-order valence-electron chi connectivity index (χ2n) is 4.73. The third-order valence-electron chi connectivity index (χ3n) is 3.16. The van der Waals surface area contributed by atoms with Crippen molar-refractivity contribution in [3.63, 3.8) is 0 Å². The normalized spacial score (nSPS) is 11.1. The topological polar surface area (TPSA) is 56.2 Å². The third kappa shape index (κ3) is 2.48. The van der Waals surface area contributed by atoms with Gasteiger partial charge in [0.1, 0.15) is 0 Å². The van der Waals surface area contributed by atoms with Crippen LogP contribution in [0.25, 0.3) is 5.65 Å². The summed E-state index contributed by atoms with van der Waals surface area (Å²) in [6.07, 6.45) is 2.66. The molecule has 96 valence electrons. The number of nitrogens with zero attached hydrogens (tertiary/aromatic N) is 3. The lowest BCUT2D eigenvalue weighted by Crippen LogP contribution is -1.97. The Morgan fingerprint density at radius 3 is 2.63 bits per heavy atom. The van der Waals surface area contributed by atoms with Gasteiger partial charge in [-0.2, -0.15) is 5.10 Å². The first kappa shape index (κ1) is 11.9. The summed E-state index contributed by atoms with van der Waals surface area (Å²) in [7, 11) is 0. The Morgan fingerprint density at radius 1 is 1.11 bits per heavy atom. The van der Waals surface area contributed by atoms with E-state index in [0.29, 0.717) is 6.54 Å². The average Bonchev–Trinajstić information content (AvgIpc) is 2.82. The Balaban J connectivity index is 1.90. The Morgan fingerprint density at radius 2 is 1.89 bits per heavy atom. The van der Waals surface area contributed by atoms with Crippen molar-refractivity contribution in [3.05, 3.63) is 65.1 Å². The van der Waals surface area contributed by atoms with E-state index < -0.39 is 0 Å². The lowest BCUT2D eigenvalue weighted by Gasteiger charge is -1.97. The fraction of sp³-hybridized carbons (Fsp3) is 0.200. The Kier molecular flexibility index (Phi) is 3.01. The van der Waals surface area contributed by atoms with Crippen molar-refractivity contribution >= 4 is 5.65 Å². The van der Waals surface area contributed by atoms with Gasteiger partial charge in [-0.1, -0.05) is 29.8 Å². The van der Waals surface area contributed by atoms with E-state index >= 15 is 0 Å². The van der Waals surface area contributed by atoms with Gasteiger partial charge in [-0.05, 0) is 30.2 Å². The van der Waals surface area contributed by atoms with Gasteiger partial charge in [0, 0.05) is 19.2 Å². The van der Waals surface area contributed by atoms with E-state index in [1.807, 2.05) is 18.3 Å². The van der Waals surface area contributed by atoms with Crippen LogP contribution in [0.3, 0.4) is 0 Å². The van der Waals surface area contributed by atoms with E-state index in [0.717, 1.165) is 23.5 Å². The standard InChI is InChI=1S/C15H16N4/c1-11-2-4-12(5-3-11)8-14-17-15-9-13(10-16)6-7-19(15)18-14/h2-7,9H,8,10,16H2,1H3. The highest BCUT2D eigenvalue weighted by Gasteiger charge is 2.05. The van der Waals surface area contributed by atoms with Gasteiger partial charge in [-0.15, -0.1) is 0 Å². The summed E-state index contributed by atoms with van der Waals surface area (Å²) in [6.45, 7) is 2.61. The van der Waals surface area contributed by atoms with Gasteiger partial charge < -0.3 is 5.73 Å². The molecule has 2 aromatic heterocycles. The molecule has 0 saturated carbocycles. The number of hydrogen-bond donors (Lipinski definition) is 1. The summed E-state index contributed by atoms with van der Waals surface area (Å²) in [5.41, 5.74) is 10.0. The van der Waals surface area contributed by atoms with Crippen molar-refractivity contribution in [2.24, 2.45) is 5.73 Å². The molecule has 2 heterocycles. The van der Waals surface area contributed by atoms with Crippen molar-refractivity contribution in [3.8, 4) is 0 Å². The van der Waals surface area contributed by atoms with E-state index in [4.69, 9.17) is 5.73 Å². The molecule has 0 unspecified atom stereocenters. The van der Waals surface area contributed by atoms with Crippen LogP contribution in [0.5, 0.6) is 0 Å². The maximum Gasteiger partial charge on any atom is 0.156 e. The van der Waals surface area contributed by atoms with Crippen LogP contribution in [-0.2, 0) is 13.0 Å². The van der Waals surface area contributed by atoms with E-state index in [9.17, 15) is 0 Å². The van der Waals surface area contributed by atoms with Crippen LogP contribution >= 0.6 is 0 Å². The van der Waals surface area contributed by atoms with Crippen LogP contribution in [0, 0.1) is 6.92 Å². The molecule has 0 saturated heterocycles. The number of hydrogen-bond acceptors (Lipinski definition) is 3. The summed E-state index contributed by atoms with van der Waals surface area (Å²) in [5, 5.41) is 4.47. The van der Waals surface area contributed by atoms with Crippen LogP contribution in [0.1, 0.15) is 22.5 Å². The molecule has 4 heteroatoms. The van der Waals surface area contributed by atoms with Crippen molar-refractivity contribution in [2.75, 3.05) is 0 Å². The number of aryl methyl sites for hydroxylation is 1.